The molecular formula is C24H25N3O4S. The lowest BCUT2D eigenvalue weighted by atomic mass is 10.2. The molecule has 1 N–H and O–H groups in total. The Balaban J connectivity index is 1.54. The van der Waals surface area contributed by atoms with Crippen molar-refractivity contribution in [3.63, 3.8) is 0 Å². The molecule has 1 unspecified atom stereocenters. The molecule has 0 bridgehead atoms. The minimum Gasteiger partial charge on any atom is -0.465 e. The van der Waals surface area contributed by atoms with Crippen LogP contribution < -0.4 is 10.2 Å². The number of nitrogens with zero attached hydrogens (tertiary/aromatic N) is 2. The summed E-state index contributed by atoms with van der Waals surface area (Å²) in [7, 11) is 1.31. The molecule has 4 rings (SSSR count). The fourth-order valence-corrected chi connectivity index (χ4v) is 5.12. The molecule has 1 aromatic carbocycles. The molecular weight excluding hydrogens is 426 g/mol. The van der Waals surface area contributed by atoms with Gasteiger partial charge in [0.05, 0.1) is 18.2 Å². The summed E-state index contributed by atoms with van der Waals surface area (Å²) < 4.78 is 6.87. The smallest absolute Gasteiger partial charge is 0.340 e. The highest BCUT2D eigenvalue weighted by Gasteiger charge is 2.36. The van der Waals surface area contributed by atoms with Crippen LogP contribution in [0.5, 0.6) is 0 Å². The van der Waals surface area contributed by atoms with Crippen LogP contribution in [0.3, 0.4) is 0 Å². The summed E-state index contributed by atoms with van der Waals surface area (Å²) >= 11 is 1.31. The van der Waals surface area contributed by atoms with Crippen LogP contribution in [0.4, 0.5) is 5.00 Å². The van der Waals surface area contributed by atoms with Crippen molar-refractivity contribution in [1.29, 1.82) is 0 Å². The molecule has 0 radical (unpaired) electrons. The summed E-state index contributed by atoms with van der Waals surface area (Å²) in [5.41, 5.74) is 4.81. The van der Waals surface area contributed by atoms with Gasteiger partial charge in [-0.3, -0.25) is 9.59 Å². The first-order valence-electron chi connectivity index (χ1n) is 10.4. The summed E-state index contributed by atoms with van der Waals surface area (Å²) in [6.45, 7) is 6.33. The van der Waals surface area contributed by atoms with Crippen molar-refractivity contribution >= 4 is 34.1 Å². The molecule has 0 spiro atoms. The maximum absolute atomic E-state index is 13.1. The number of benzene rings is 1. The number of amides is 2. The van der Waals surface area contributed by atoms with Gasteiger partial charge in [-0.05, 0) is 56.3 Å². The Labute approximate surface area is 190 Å². The predicted molar refractivity (Wildman–Crippen MR) is 124 cm³/mol. The largest absolute Gasteiger partial charge is 0.465 e. The lowest BCUT2D eigenvalue weighted by Gasteiger charge is -2.17. The SMILES string of the molecule is COC(=O)c1ccsc1N1CCC(NC(=O)c2cc(C)n(-c3ccccc3C)c2C)C1=O. The second-order valence-corrected chi connectivity index (χ2v) is 8.74. The molecule has 0 aliphatic carbocycles. The average Bonchev–Trinajstić information content (AvgIpc) is 3.46. The zero-order chi connectivity index (χ0) is 23.0. The van der Waals surface area contributed by atoms with Gasteiger partial charge in [0.25, 0.3) is 5.91 Å². The number of nitrogens with one attached hydrogen (secondary N) is 1. The Hall–Kier alpha value is -3.39. The van der Waals surface area contributed by atoms with E-state index in [-0.39, 0.29) is 11.8 Å². The van der Waals surface area contributed by atoms with E-state index in [1.807, 2.05) is 51.1 Å². The summed E-state index contributed by atoms with van der Waals surface area (Å²) in [6, 6.07) is 10.9. The number of methoxy groups -OCH3 is 1. The molecule has 3 aromatic rings. The van der Waals surface area contributed by atoms with Crippen molar-refractivity contribution in [2.45, 2.75) is 33.2 Å². The minimum atomic E-state index is -0.642. The highest BCUT2D eigenvalue weighted by molar-refractivity contribution is 7.14. The van der Waals surface area contributed by atoms with E-state index < -0.39 is 12.0 Å². The van der Waals surface area contributed by atoms with Gasteiger partial charge < -0.3 is 19.5 Å². The first-order valence-corrected chi connectivity index (χ1v) is 11.2. The summed E-state index contributed by atoms with van der Waals surface area (Å²) in [5.74, 6) is -0.985. The Kier molecular flexibility index (Phi) is 5.88. The Morgan fingerprint density at radius 1 is 1.12 bits per heavy atom. The molecule has 166 valence electrons. The second-order valence-electron chi connectivity index (χ2n) is 7.84. The molecule has 1 aliphatic heterocycles. The van der Waals surface area contributed by atoms with Gasteiger partial charge in [0.2, 0.25) is 5.91 Å². The van der Waals surface area contributed by atoms with Crippen LogP contribution >= 0.6 is 11.3 Å². The average molecular weight is 452 g/mol. The number of esters is 1. The topological polar surface area (TPSA) is 80.6 Å². The van der Waals surface area contributed by atoms with Gasteiger partial charge in [-0.15, -0.1) is 11.3 Å². The van der Waals surface area contributed by atoms with E-state index in [4.69, 9.17) is 4.74 Å². The van der Waals surface area contributed by atoms with E-state index in [1.165, 1.54) is 18.4 Å². The normalized spacial score (nSPS) is 15.8. The molecule has 7 nitrogen and oxygen atoms in total. The Morgan fingerprint density at radius 3 is 2.59 bits per heavy atom. The van der Waals surface area contributed by atoms with Gasteiger partial charge in [-0.1, -0.05) is 18.2 Å². The third-order valence-electron chi connectivity index (χ3n) is 5.84. The molecule has 1 saturated heterocycles. The van der Waals surface area contributed by atoms with Crippen molar-refractivity contribution in [1.82, 2.24) is 9.88 Å². The third-order valence-corrected chi connectivity index (χ3v) is 6.77. The van der Waals surface area contributed by atoms with Crippen LogP contribution in [0.2, 0.25) is 0 Å². The number of rotatable bonds is 5. The van der Waals surface area contributed by atoms with E-state index >= 15 is 0 Å². The fourth-order valence-electron chi connectivity index (χ4n) is 4.20. The molecule has 1 atom stereocenters. The minimum absolute atomic E-state index is 0.223. The summed E-state index contributed by atoms with van der Waals surface area (Å²) in [4.78, 5) is 39.7. The van der Waals surface area contributed by atoms with Crippen molar-refractivity contribution in [3.8, 4) is 5.69 Å². The van der Waals surface area contributed by atoms with Crippen LogP contribution in [-0.4, -0.2) is 42.0 Å². The number of para-hydroxylation sites is 1. The standard InChI is InChI=1S/C24H25N3O4S/c1-14-7-5-6-8-20(14)27-15(2)13-18(16(27)3)21(28)25-19-9-11-26(22(19)29)23-17(10-12-32-23)24(30)31-4/h5-8,10,12-13,19H,9,11H2,1-4H3,(H,25,28). The van der Waals surface area contributed by atoms with Gasteiger partial charge in [0, 0.05) is 23.6 Å². The van der Waals surface area contributed by atoms with Crippen LogP contribution in [0, 0.1) is 20.8 Å². The molecule has 1 aliphatic rings. The zero-order valence-electron chi connectivity index (χ0n) is 18.5. The number of hydrogen-bond donors (Lipinski definition) is 1. The van der Waals surface area contributed by atoms with Crippen molar-refractivity contribution in [3.05, 3.63) is 69.9 Å². The Bertz CT molecular complexity index is 1210. The number of carbonyl (C=O) groups excluding carboxylic acids is 3. The van der Waals surface area contributed by atoms with Crippen LogP contribution in [0.1, 0.15) is 44.1 Å². The van der Waals surface area contributed by atoms with E-state index in [1.54, 1.807) is 16.3 Å². The van der Waals surface area contributed by atoms with Crippen molar-refractivity contribution in [2.24, 2.45) is 0 Å². The first-order chi connectivity index (χ1) is 15.3. The van der Waals surface area contributed by atoms with Gasteiger partial charge in [0.1, 0.15) is 11.0 Å². The second kappa shape index (κ2) is 8.63. The molecule has 32 heavy (non-hydrogen) atoms. The lowest BCUT2D eigenvalue weighted by molar-refractivity contribution is -0.118. The summed E-state index contributed by atoms with van der Waals surface area (Å²) in [5, 5.41) is 5.20. The number of hydrogen-bond acceptors (Lipinski definition) is 5. The van der Waals surface area contributed by atoms with E-state index in [2.05, 4.69) is 9.88 Å². The number of aryl methyl sites for hydroxylation is 2. The maximum atomic E-state index is 13.1. The highest BCUT2D eigenvalue weighted by Crippen LogP contribution is 2.32. The maximum Gasteiger partial charge on any atom is 0.340 e. The van der Waals surface area contributed by atoms with E-state index in [9.17, 15) is 14.4 Å². The van der Waals surface area contributed by atoms with Crippen LogP contribution in [0.15, 0.2) is 41.8 Å². The fraction of sp³-hybridized carbons (Fsp3) is 0.292. The van der Waals surface area contributed by atoms with Gasteiger partial charge >= 0.3 is 5.97 Å². The number of aromatic nitrogens is 1. The molecule has 2 aromatic heterocycles. The molecule has 8 heteroatoms. The quantitative estimate of drug-likeness (QED) is 0.599. The number of ether oxygens (including phenoxy) is 1. The molecule has 3 heterocycles. The highest BCUT2D eigenvalue weighted by atomic mass is 32.1. The van der Waals surface area contributed by atoms with Crippen molar-refractivity contribution in [2.75, 3.05) is 18.6 Å². The third kappa shape index (κ3) is 3.71. The summed E-state index contributed by atoms with van der Waals surface area (Å²) in [6.07, 6.45) is 0.472. The van der Waals surface area contributed by atoms with Gasteiger partial charge in [-0.25, -0.2) is 4.79 Å². The van der Waals surface area contributed by atoms with Gasteiger partial charge in [-0.2, -0.15) is 0 Å². The lowest BCUT2D eigenvalue weighted by Crippen LogP contribution is -2.41. The van der Waals surface area contributed by atoms with Crippen molar-refractivity contribution < 1.29 is 19.1 Å². The molecule has 1 fully saturated rings. The number of thiophene rings is 1. The predicted octanol–water partition coefficient (Wildman–Crippen LogP) is 3.79. The number of carbonyl (C=O) groups is 3. The van der Waals surface area contributed by atoms with E-state index in [0.717, 1.165) is 22.6 Å². The number of anilines is 1. The molecule has 0 saturated carbocycles. The molecule has 2 amide bonds. The van der Waals surface area contributed by atoms with Crippen LogP contribution in [0.25, 0.3) is 5.69 Å². The van der Waals surface area contributed by atoms with Crippen LogP contribution in [-0.2, 0) is 9.53 Å². The van der Waals surface area contributed by atoms with E-state index in [0.29, 0.717) is 29.1 Å². The Morgan fingerprint density at radius 2 is 1.88 bits per heavy atom. The zero-order valence-corrected chi connectivity index (χ0v) is 19.3. The van der Waals surface area contributed by atoms with Gasteiger partial charge in [0.15, 0.2) is 0 Å². The first kappa shape index (κ1) is 21.8. The monoisotopic (exact) mass is 451 g/mol.